The molecule has 10 amide bonds. The molecule has 5 aliphatic heterocycles. The van der Waals surface area contributed by atoms with Crippen LogP contribution in [0.3, 0.4) is 0 Å². The zero-order chi connectivity index (χ0) is 63.0. The fourth-order valence-electron chi connectivity index (χ4n) is 11.8. The monoisotopic (exact) mass is 1250 g/mol. The molecule has 29 heteroatoms. The van der Waals surface area contributed by atoms with E-state index in [0.717, 1.165) is 40.0 Å². The Bertz CT molecular complexity index is 3460. The molecule has 0 spiro atoms. The van der Waals surface area contributed by atoms with Gasteiger partial charge in [-0.05, 0) is 96.7 Å². The number of amides is 10. The highest BCUT2D eigenvalue weighted by atomic mass is 32.1. The van der Waals surface area contributed by atoms with Gasteiger partial charge in [0.15, 0.2) is 0 Å². The molecule has 87 heavy (non-hydrogen) atoms. The van der Waals surface area contributed by atoms with Gasteiger partial charge in [-0.2, -0.15) is 8.78 Å². The van der Waals surface area contributed by atoms with Crippen molar-refractivity contribution in [2.45, 2.75) is 132 Å². The number of hydrogen-bond acceptors (Lipinski definition) is 14. The number of fused-ring (bicyclic) bond motifs is 3. The summed E-state index contributed by atoms with van der Waals surface area (Å²) in [6.45, 7) is 5.94. The second kappa shape index (κ2) is 25.6. The maximum absolute atomic E-state index is 14.7. The summed E-state index contributed by atoms with van der Waals surface area (Å²) < 4.78 is 68.9. The summed E-state index contributed by atoms with van der Waals surface area (Å²) in [6, 6.07) is 8.80. The van der Waals surface area contributed by atoms with Gasteiger partial charge < -0.3 is 46.6 Å². The van der Waals surface area contributed by atoms with E-state index in [1.165, 1.54) is 21.9 Å². The van der Waals surface area contributed by atoms with E-state index in [9.17, 15) is 79.9 Å². The Morgan fingerprint density at radius 1 is 0.851 bits per heavy atom. The lowest BCUT2D eigenvalue weighted by Crippen LogP contribution is -2.62. The van der Waals surface area contributed by atoms with Crippen molar-refractivity contribution in [2.75, 3.05) is 44.2 Å². The SMILES string of the molecule is CC(C)(C)c1ccc(C[C@H](NC(=O)[C@H](CCC(N)=O)NC(=O)[C@@H]2CC[C@@H]3CCN(CC(F)F)C[C@H](NC(=O)c4cc5cc(C(F)(F)P(=O)(O)O)ccc5s4)C(=O)N32)C(=O)NCCC2CN(c3cccc4c3C(=O)N(C3CCC(=O)NC3=O)C4=O)C2)cc1. The second-order valence-corrected chi connectivity index (χ2v) is 26.4. The van der Waals surface area contributed by atoms with Crippen molar-refractivity contribution in [3.05, 3.63) is 99.4 Å². The summed E-state index contributed by atoms with van der Waals surface area (Å²) in [4.78, 5) is 160. The summed E-state index contributed by atoms with van der Waals surface area (Å²) in [7, 11) is -5.94. The van der Waals surface area contributed by atoms with Crippen LogP contribution in [0.5, 0.6) is 0 Å². The number of piperidine rings is 1. The molecule has 466 valence electrons. The number of primary amides is 1. The van der Waals surface area contributed by atoms with Crippen LogP contribution < -0.4 is 37.2 Å². The van der Waals surface area contributed by atoms with Gasteiger partial charge in [-0.3, -0.25) is 67.6 Å². The van der Waals surface area contributed by atoms with Crippen LogP contribution in [0.25, 0.3) is 10.1 Å². The molecule has 6 atom stereocenters. The van der Waals surface area contributed by atoms with Crippen LogP contribution >= 0.6 is 18.9 Å². The average molecular weight is 1250 g/mol. The molecule has 1 unspecified atom stereocenters. The fraction of sp³-hybridized carbons (Fsp3) is 0.483. The number of carbonyl (C=O) groups is 10. The number of alkyl halides is 4. The third-order valence-corrected chi connectivity index (χ3v) is 18.6. The van der Waals surface area contributed by atoms with Crippen molar-refractivity contribution in [3.8, 4) is 0 Å². The van der Waals surface area contributed by atoms with Crippen LogP contribution in [0.2, 0.25) is 0 Å². The Morgan fingerprint density at radius 3 is 2.23 bits per heavy atom. The molecule has 4 fully saturated rings. The van der Waals surface area contributed by atoms with Crippen molar-refractivity contribution in [3.63, 3.8) is 0 Å². The Balaban J connectivity index is 0.879. The van der Waals surface area contributed by atoms with Crippen LogP contribution in [-0.2, 0) is 55.6 Å². The molecule has 4 saturated heterocycles. The molecule has 9 N–H and O–H groups in total. The smallest absolute Gasteiger partial charge is 0.370 e. The van der Waals surface area contributed by atoms with Gasteiger partial charge in [0, 0.05) is 68.3 Å². The van der Waals surface area contributed by atoms with Crippen molar-refractivity contribution in [1.29, 1.82) is 0 Å². The van der Waals surface area contributed by atoms with Gasteiger partial charge >= 0.3 is 13.3 Å². The first-order valence-electron chi connectivity index (χ1n) is 28.5. The number of hydrogen-bond donors (Lipinski definition) is 8. The predicted octanol–water partition coefficient (Wildman–Crippen LogP) is 3.38. The van der Waals surface area contributed by atoms with Gasteiger partial charge in [0.05, 0.1) is 28.2 Å². The normalized spacial score (nSPS) is 21.2. The van der Waals surface area contributed by atoms with Gasteiger partial charge in [-0.25, -0.2) is 8.78 Å². The van der Waals surface area contributed by atoms with E-state index < -0.39 is 140 Å². The molecule has 3 aromatic carbocycles. The van der Waals surface area contributed by atoms with E-state index in [-0.39, 0.29) is 95.5 Å². The van der Waals surface area contributed by atoms with E-state index in [1.54, 1.807) is 12.1 Å². The zero-order valence-corrected chi connectivity index (χ0v) is 49.4. The van der Waals surface area contributed by atoms with E-state index in [2.05, 4.69) is 26.6 Å². The van der Waals surface area contributed by atoms with Gasteiger partial charge in [0.2, 0.25) is 41.4 Å². The number of carbonyl (C=O) groups excluding carboxylic acids is 10. The number of benzene rings is 3. The van der Waals surface area contributed by atoms with Gasteiger partial charge in [0.25, 0.3) is 24.1 Å². The molecule has 23 nitrogen and oxygen atoms in total. The highest BCUT2D eigenvalue weighted by Gasteiger charge is 2.51. The summed E-state index contributed by atoms with van der Waals surface area (Å²) in [5, 5.41) is 13.1. The molecule has 4 aromatic rings. The number of halogens is 4. The quantitative estimate of drug-likeness (QED) is 0.0337. The number of thiophene rings is 1. The first-order chi connectivity index (χ1) is 41.0. The molecular formula is C58H67F4N10O13PS. The summed E-state index contributed by atoms with van der Waals surface area (Å²) in [5.74, 6) is -7.33. The molecule has 0 aliphatic carbocycles. The number of anilines is 1. The van der Waals surface area contributed by atoms with Crippen LogP contribution in [0, 0.1) is 5.92 Å². The highest BCUT2D eigenvalue weighted by Crippen LogP contribution is 2.59. The van der Waals surface area contributed by atoms with E-state index in [4.69, 9.17) is 5.73 Å². The lowest BCUT2D eigenvalue weighted by atomic mass is 9.86. The minimum absolute atomic E-state index is 0.00594. The molecular weight excluding hydrogens is 1180 g/mol. The number of nitrogens with two attached hydrogens (primary N) is 1. The van der Waals surface area contributed by atoms with Crippen molar-refractivity contribution in [1.82, 2.24) is 41.3 Å². The summed E-state index contributed by atoms with van der Waals surface area (Å²) in [6.07, 6.45) is -2.77. The zero-order valence-electron chi connectivity index (χ0n) is 47.7. The molecule has 1 aromatic heterocycles. The maximum Gasteiger partial charge on any atom is 0.399 e. The average Bonchev–Trinajstić information content (AvgIpc) is 3.18. The Hall–Kier alpha value is -7.65. The van der Waals surface area contributed by atoms with Gasteiger partial charge in [-0.1, -0.05) is 57.2 Å². The number of rotatable bonds is 21. The van der Waals surface area contributed by atoms with Gasteiger partial charge in [-0.15, -0.1) is 11.3 Å². The fourth-order valence-corrected chi connectivity index (χ4v) is 13.2. The molecule has 0 radical (unpaired) electrons. The van der Waals surface area contributed by atoms with Crippen molar-refractivity contribution in [2.24, 2.45) is 11.7 Å². The molecule has 5 aliphatic rings. The Kier molecular flexibility index (Phi) is 18.8. The summed E-state index contributed by atoms with van der Waals surface area (Å²) in [5.41, 5.74) is 2.23. The third-order valence-electron chi connectivity index (χ3n) is 16.5. The van der Waals surface area contributed by atoms with Crippen molar-refractivity contribution >= 4 is 93.8 Å². The minimum atomic E-state index is -5.94. The molecule has 0 bridgehead atoms. The maximum atomic E-state index is 14.7. The number of nitrogens with one attached hydrogen (secondary N) is 5. The largest absolute Gasteiger partial charge is 0.399 e. The first-order valence-corrected chi connectivity index (χ1v) is 30.9. The molecule has 0 saturated carbocycles. The predicted molar refractivity (Wildman–Crippen MR) is 307 cm³/mol. The first kappa shape index (κ1) is 63.8. The number of imide groups is 2. The summed E-state index contributed by atoms with van der Waals surface area (Å²) >= 11 is 0.802. The lowest BCUT2D eigenvalue weighted by Gasteiger charge is -2.42. The van der Waals surface area contributed by atoms with Crippen molar-refractivity contribution < 1.29 is 79.9 Å². The van der Waals surface area contributed by atoms with E-state index >= 15 is 0 Å². The van der Waals surface area contributed by atoms with Crippen LogP contribution in [-0.4, -0.2) is 166 Å². The molecule has 9 rings (SSSR count). The Labute approximate surface area is 500 Å². The number of nitrogens with zero attached hydrogens (tertiary/aromatic N) is 4. The van der Waals surface area contributed by atoms with E-state index in [0.29, 0.717) is 30.8 Å². The third kappa shape index (κ3) is 14.0. The topological polar surface area (TPSA) is 327 Å². The molecule has 6 heterocycles. The Morgan fingerprint density at radius 2 is 1.56 bits per heavy atom. The lowest BCUT2D eigenvalue weighted by molar-refractivity contribution is -0.144. The van der Waals surface area contributed by atoms with Gasteiger partial charge in [0.1, 0.15) is 30.2 Å². The standard InChI is InChI=1S/C58H67F4N10O13PS/c1-57(2,3)33-9-7-30(8-10-33)23-38(49(75)64-21-19-31-26-70(27-31)40-6-4-5-36-48(40)56(82)72(54(36)80)42-15-18-47(74)68-52(42)78)66-50(76)37(13-17-46(63)73)65-51(77)41-14-12-35-20-22-69(29-45(59)60)28-39(55(81)71(35)41)67-53(79)44-25-32-24-34(11-16-43(32)87-44)58(61,62)86(83,84)85/h4-11,16,24-25,31,35,37-39,41-42,45H,12-15,17-23,26-29H2,1-3H3,(H2,63,73)(H,64,75)(H,65,77)(H,66,76)(H,67,79)(H,68,74,78)(H2,83,84,85)/t35-,37+,38+,39+,41+,42?/m1/s1. The van der Waals surface area contributed by atoms with Crippen LogP contribution in [0.1, 0.15) is 119 Å². The van der Waals surface area contributed by atoms with Crippen LogP contribution in [0.4, 0.5) is 23.2 Å². The van der Waals surface area contributed by atoms with E-state index in [1.807, 2.05) is 49.9 Å². The highest BCUT2D eigenvalue weighted by molar-refractivity contribution is 7.52. The second-order valence-electron chi connectivity index (χ2n) is 23.7. The minimum Gasteiger partial charge on any atom is -0.370 e. The van der Waals surface area contributed by atoms with Crippen LogP contribution in [0.15, 0.2) is 66.7 Å².